The van der Waals surface area contributed by atoms with Crippen molar-refractivity contribution in [3.05, 3.63) is 23.8 Å². The number of fused-ring (bicyclic) bond motifs is 1. The van der Waals surface area contributed by atoms with E-state index in [-0.39, 0.29) is 11.9 Å². The van der Waals surface area contributed by atoms with E-state index in [1.165, 1.54) is 16.9 Å². The SMILES string of the molecule is CC(C)CCC(=O)N1C(=O)OC[C@@H]1CC1=CC2CC2C=C1. The van der Waals surface area contributed by atoms with Gasteiger partial charge in [-0.05, 0) is 42.6 Å². The Morgan fingerprint density at radius 3 is 2.95 bits per heavy atom. The summed E-state index contributed by atoms with van der Waals surface area (Å²) in [5, 5.41) is 0. The zero-order valence-corrected chi connectivity index (χ0v) is 12.7. The highest BCUT2D eigenvalue weighted by molar-refractivity contribution is 5.93. The molecule has 1 saturated carbocycles. The second-order valence-corrected chi connectivity index (χ2v) is 6.80. The van der Waals surface area contributed by atoms with Crippen LogP contribution in [0.5, 0.6) is 0 Å². The van der Waals surface area contributed by atoms with E-state index < -0.39 is 6.09 Å². The number of carbonyl (C=O) groups excluding carboxylic acids is 2. The molecule has 3 aliphatic rings. The number of cyclic esters (lactones) is 1. The first kappa shape index (κ1) is 14.4. The van der Waals surface area contributed by atoms with Crippen LogP contribution in [0.3, 0.4) is 0 Å². The fraction of sp³-hybridized carbons (Fsp3) is 0.647. The van der Waals surface area contributed by atoms with Gasteiger partial charge in [0.15, 0.2) is 0 Å². The Bertz CT molecular complexity index is 506. The van der Waals surface area contributed by atoms with E-state index in [0.29, 0.717) is 24.9 Å². The van der Waals surface area contributed by atoms with Crippen LogP contribution in [-0.4, -0.2) is 29.5 Å². The first-order chi connectivity index (χ1) is 10.0. The van der Waals surface area contributed by atoms with Crippen molar-refractivity contribution in [1.29, 1.82) is 0 Å². The first-order valence-electron chi connectivity index (χ1n) is 7.92. The smallest absolute Gasteiger partial charge is 0.416 e. The number of hydrogen-bond donors (Lipinski definition) is 0. The number of ether oxygens (including phenoxy) is 1. The summed E-state index contributed by atoms with van der Waals surface area (Å²) in [5.74, 6) is 1.79. The van der Waals surface area contributed by atoms with Crippen molar-refractivity contribution in [3.8, 4) is 0 Å². The van der Waals surface area contributed by atoms with Gasteiger partial charge in [0.2, 0.25) is 5.91 Å². The average Bonchev–Trinajstić information content (AvgIpc) is 3.12. The molecule has 0 N–H and O–H groups in total. The predicted octanol–water partition coefficient (Wildman–Crippen LogP) is 3.29. The number of nitrogens with zero attached hydrogens (tertiary/aromatic N) is 1. The topological polar surface area (TPSA) is 46.6 Å². The molecule has 4 heteroatoms. The minimum absolute atomic E-state index is 0.0964. The number of hydrogen-bond acceptors (Lipinski definition) is 3. The van der Waals surface area contributed by atoms with Gasteiger partial charge in [0.25, 0.3) is 0 Å². The van der Waals surface area contributed by atoms with Gasteiger partial charge in [-0.3, -0.25) is 4.79 Å². The minimum atomic E-state index is -0.474. The molecule has 0 aromatic rings. The molecule has 0 aromatic carbocycles. The standard InChI is InChI=1S/C17H23NO3/c1-11(2)3-6-16(19)18-15(10-21-17(18)20)8-12-4-5-13-9-14(13)7-12/h4-5,7,11,13-15H,3,6,8-10H2,1-2H3/t13?,14?,15-/m0/s1. The van der Waals surface area contributed by atoms with Gasteiger partial charge in [-0.15, -0.1) is 0 Å². The highest BCUT2D eigenvalue weighted by atomic mass is 16.6. The average molecular weight is 289 g/mol. The Hall–Kier alpha value is -1.58. The van der Waals surface area contributed by atoms with Crippen molar-refractivity contribution >= 4 is 12.0 Å². The van der Waals surface area contributed by atoms with Crippen molar-refractivity contribution in [2.24, 2.45) is 17.8 Å². The molecule has 0 spiro atoms. The lowest BCUT2D eigenvalue weighted by molar-refractivity contribution is -0.129. The van der Waals surface area contributed by atoms with Gasteiger partial charge < -0.3 is 4.74 Å². The van der Waals surface area contributed by atoms with Gasteiger partial charge in [-0.25, -0.2) is 9.69 Å². The van der Waals surface area contributed by atoms with Crippen molar-refractivity contribution in [2.75, 3.05) is 6.61 Å². The van der Waals surface area contributed by atoms with Gasteiger partial charge >= 0.3 is 6.09 Å². The summed E-state index contributed by atoms with van der Waals surface area (Å²) in [6, 6.07) is -0.136. The maximum atomic E-state index is 12.3. The molecule has 2 fully saturated rings. The summed E-state index contributed by atoms with van der Waals surface area (Å²) in [6.45, 7) is 4.49. The summed E-state index contributed by atoms with van der Waals surface area (Å²) in [7, 11) is 0. The van der Waals surface area contributed by atoms with Gasteiger partial charge in [0.1, 0.15) is 6.61 Å². The second kappa shape index (κ2) is 5.66. The Kier molecular flexibility index (Phi) is 3.87. The van der Waals surface area contributed by atoms with Gasteiger partial charge in [-0.2, -0.15) is 0 Å². The molecule has 2 aliphatic carbocycles. The molecule has 0 radical (unpaired) electrons. The van der Waals surface area contributed by atoms with Crippen LogP contribution in [0.15, 0.2) is 23.8 Å². The van der Waals surface area contributed by atoms with Gasteiger partial charge in [-0.1, -0.05) is 32.1 Å². The maximum Gasteiger partial charge on any atom is 0.416 e. The first-order valence-corrected chi connectivity index (χ1v) is 7.92. The van der Waals surface area contributed by atoms with E-state index in [9.17, 15) is 9.59 Å². The zero-order chi connectivity index (χ0) is 15.0. The molecular formula is C17H23NO3. The third-order valence-electron chi connectivity index (χ3n) is 4.51. The van der Waals surface area contributed by atoms with Crippen LogP contribution >= 0.6 is 0 Å². The number of carbonyl (C=O) groups is 2. The van der Waals surface area contributed by atoms with E-state index in [1.54, 1.807) is 0 Å². The minimum Gasteiger partial charge on any atom is -0.447 e. The molecular weight excluding hydrogens is 266 g/mol. The van der Waals surface area contributed by atoms with Crippen LogP contribution in [0.2, 0.25) is 0 Å². The molecule has 3 atom stereocenters. The predicted molar refractivity (Wildman–Crippen MR) is 79.5 cm³/mol. The van der Waals surface area contributed by atoms with Crippen LogP contribution < -0.4 is 0 Å². The lowest BCUT2D eigenvalue weighted by atomic mass is 9.99. The largest absolute Gasteiger partial charge is 0.447 e. The molecule has 1 saturated heterocycles. The Labute approximate surface area is 125 Å². The van der Waals surface area contributed by atoms with Crippen LogP contribution in [-0.2, 0) is 9.53 Å². The third kappa shape index (κ3) is 3.20. The van der Waals surface area contributed by atoms with Crippen LogP contribution in [0, 0.1) is 17.8 Å². The molecule has 1 aliphatic heterocycles. The van der Waals surface area contributed by atoms with Crippen molar-refractivity contribution in [2.45, 2.75) is 45.6 Å². The van der Waals surface area contributed by atoms with E-state index in [2.05, 4.69) is 32.1 Å². The quantitative estimate of drug-likeness (QED) is 0.780. The van der Waals surface area contributed by atoms with Crippen LogP contribution in [0.1, 0.15) is 39.5 Å². The van der Waals surface area contributed by atoms with E-state index in [1.807, 2.05) is 0 Å². The molecule has 0 bridgehead atoms. The normalized spacial score (nSPS) is 30.2. The van der Waals surface area contributed by atoms with Crippen molar-refractivity contribution in [3.63, 3.8) is 0 Å². The van der Waals surface area contributed by atoms with Crippen molar-refractivity contribution < 1.29 is 14.3 Å². The molecule has 3 rings (SSSR count). The molecule has 1 heterocycles. The van der Waals surface area contributed by atoms with Gasteiger partial charge in [0, 0.05) is 6.42 Å². The second-order valence-electron chi connectivity index (χ2n) is 6.80. The summed E-state index contributed by atoms with van der Waals surface area (Å²) in [5.41, 5.74) is 1.23. The number of imide groups is 1. The van der Waals surface area contributed by atoms with Crippen LogP contribution in [0.4, 0.5) is 4.79 Å². The summed E-state index contributed by atoms with van der Waals surface area (Å²) in [6.07, 6.45) is 9.42. The summed E-state index contributed by atoms with van der Waals surface area (Å²) < 4.78 is 5.10. The third-order valence-corrected chi connectivity index (χ3v) is 4.51. The Balaban J connectivity index is 1.62. The summed E-state index contributed by atoms with van der Waals surface area (Å²) in [4.78, 5) is 25.4. The molecule has 114 valence electrons. The fourth-order valence-corrected chi connectivity index (χ4v) is 3.08. The van der Waals surface area contributed by atoms with E-state index >= 15 is 0 Å². The van der Waals surface area contributed by atoms with Crippen molar-refractivity contribution in [1.82, 2.24) is 4.90 Å². The highest BCUT2D eigenvalue weighted by Gasteiger charge is 2.39. The molecule has 2 amide bonds. The highest BCUT2D eigenvalue weighted by Crippen LogP contribution is 2.45. The lowest BCUT2D eigenvalue weighted by Gasteiger charge is -2.21. The van der Waals surface area contributed by atoms with E-state index in [0.717, 1.165) is 18.8 Å². The zero-order valence-electron chi connectivity index (χ0n) is 12.7. The monoisotopic (exact) mass is 289 g/mol. The van der Waals surface area contributed by atoms with Gasteiger partial charge in [0.05, 0.1) is 6.04 Å². The summed E-state index contributed by atoms with van der Waals surface area (Å²) >= 11 is 0. The fourth-order valence-electron chi connectivity index (χ4n) is 3.08. The van der Waals surface area contributed by atoms with E-state index in [4.69, 9.17) is 4.74 Å². The molecule has 0 aromatic heterocycles. The molecule has 2 unspecified atom stereocenters. The Morgan fingerprint density at radius 2 is 2.24 bits per heavy atom. The van der Waals surface area contributed by atoms with Crippen LogP contribution in [0.25, 0.3) is 0 Å². The lowest BCUT2D eigenvalue weighted by Crippen LogP contribution is -2.39. The Morgan fingerprint density at radius 1 is 1.43 bits per heavy atom. The molecule has 4 nitrogen and oxygen atoms in total. The maximum absolute atomic E-state index is 12.3. The number of rotatable bonds is 5. The number of amides is 2. The number of allylic oxidation sites excluding steroid dienone is 3. The molecule has 21 heavy (non-hydrogen) atoms.